The topological polar surface area (TPSA) is 107 Å². The molecule has 1 aromatic rings. The number of alkyl halides is 3. The zero-order valence-corrected chi connectivity index (χ0v) is 20.3. The van der Waals surface area contributed by atoms with E-state index in [1.807, 2.05) is 6.92 Å². The lowest BCUT2D eigenvalue weighted by atomic mass is 9.90. The summed E-state index contributed by atoms with van der Waals surface area (Å²) in [5.41, 5.74) is -0.436. The van der Waals surface area contributed by atoms with Crippen LogP contribution in [0.5, 0.6) is 0 Å². The maximum absolute atomic E-state index is 12.7. The first kappa shape index (κ1) is 26.4. The second-order valence-corrected chi connectivity index (χ2v) is 9.75. The summed E-state index contributed by atoms with van der Waals surface area (Å²) in [7, 11) is 0. The Balaban J connectivity index is 1.42. The van der Waals surface area contributed by atoms with Crippen LogP contribution >= 0.6 is 0 Å². The van der Waals surface area contributed by atoms with Crippen molar-refractivity contribution < 1.29 is 56.0 Å². The fourth-order valence-electron chi connectivity index (χ4n) is 3.97. The SMILES string of the molecule is CCC(C)(C)C(=O)OC1C(=O)OC2C3OC(C)(c4ccc(C(=O)OC(C)C(F)(F)F)cc4)OC3OC12. The van der Waals surface area contributed by atoms with Crippen LogP contribution in [-0.2, 0) is 43.8 Å². The molecule has 3 aliphatic heterocycles. The lowest BCUT2D eigenvalue weighted by Gasteiger charge is -2.27. The largest absolute Gasteiger partial charge is 0.454 e. The maximum atomic E-state index is 12.7. The van der Waals surface area contributed by atoms with E-state index < -0.39 is 72.1 Å². The van der Waals surface area contributed by atoms with Gasteiger partial charge in [-0.05, 0) is 46.2 Å². The van der Waals surface area contributed by atoms with Crippen molar-refractivity contribution in [1.82, 2.24) is 0 Å². The predicted octanol–water partition coefficient (Wildman–Crippen LogP) is 3.38. The Morgan fingerprint density at radius 3 is 2.31 bits per heavy atom. The number of halogens is 3. The average Bonchev–Trinajstić information content (AvgIpc) is 3.41. The van der Waals surface area contributed by atoms with E-state index in [-0.39, 0.29) is 5.56 Å². The van der Waals surface area contributed by atoms with E-state index in [1.54, 1.807) is 20.8 Å². The molecule has 0 saturated carbocycles. The third kappa shape index (κ3) is 4.69. The molecule has 9 nitrogen and oxygen atoms in total. The van der Waals surface area contributed by atoms with Gasteiger partial charge in [0.15, 0.2) is 30.4 Å². The van der Waals surface area contributed by atoms with Crippen molar-refractivity contribution in [2.75, 3.05) is 0 Å². The molecule has 1 aromatic carbocycles. The van der Waals surface area contributed by atoms with Crippen LogP contribution in [-0.4, -0.2) is 60.9 Å². The maximum Gasteiger partial charge on any atom is 0.425 e. The van der Waals surface area contributed by atoms with Crippen LogP contribution < -0.4 is 0 Å². The van der Waals surface area contributed by atoms with Gasteiger partial charge < -0.3 is 28.4 Å². The summed E-state index contributed by atoms with van der Waals surface area (Å²) in [6, 6.07) is 5.48. The van der Waals surface area contributed by atoms with Crippen LogP contribution in [0.1, 0.15) is 57.0 Å². The summed E-state index contributed by atoms with van der Waals surface area (Å²) >= 11 is 0. The van der Waals surface area contributed by atoms with Gasteiger partial charge in [-0.1, -0.05) is 19.1 Å². The van der Waals surface area contributed by atoms with Gasteiger partial charge in [-0.25, -0.2) is 9.59 Å². The monoisotopic (exact) mass is 516 g/mol. The Bertz CT molecular complexity index is 1040. The van der Waals surface area contributed by atoms with Gasteiger partial charge in [0.2, 0.25) is 6.10 Å². The quantitative estimate of drug-likeness (QED) is 0.416. The molecule has 0 radical (unpaired) electrons. The Morgan fingerprint density at radius 1 is 1.08 bits per heavy atom. The van der Waals surface area contributed by atoms with Gasteiger partial charge in [-0.2, -0.15) is 13.2 Å². The lowest BCUT2D eigenvalue weighted by molar-refractivity contribution is -0.232. The molecule has 3 aliphatic rings. The smallest absolute Gasteiger partial charge is 0.425 e. The van der Waals surface area contributed by atoms with Gasteiger partial charge >= 0.3 is 24.1 Å². The third-order valence-corrected chi connectivity index (χ3v) is 6.75. The number of rotatable bonds is 6. The number of hydrogen-bond donors (Lipinski definition) is 0. The normalized spacial score (nSPS) is 32.4. The van der Waals surface area contributed by atoms with Crippen molar-refractivity contribution in [1.29, 1.82) is 0 Å². The Hall–Kier alpha value is -2.70. The van der Waals surface area contributed by atoms with Crippen LogP contribution in [0.4, 0.5) is 13.2 Å². The Labute approximate surface area is 205 Å². The Kier molecular flexibility index (Phi) is 6.59. The van der Waals surface area contributed by atoms with Crippen LogP contribution in [0.15, 0.2) is 24.3 Å². The second-order valence-electron chi connectivity index (χ2n) is 9.75. The Morgan fingerprint density at radius 2 is 1.72 bits per heavy atom. The van der Waals surface area contributed by atoms with Crippen LogP contribution in [0, 0.1) is 5.41 Å². The number of carbonyl (C=O) groups excluding carboxylic acids is 3. The molecule has 7 unspecified atom stereocenters. The van der Waals surface area contributed by atoms with E-state index in [9.17, 15) is 27.6 Å². The first-order valence-corrected chi connectivity index (χ1v) is 11.5. The van der Waals surface area contributed by atoms with Gasteiger partial charge in [0.1, 0.15) is 6.10 Å². The van der Waals surface area contributed by atoms with E-state index in [0.717, 1.165) is 6.92 Å². The predicted molar refractivity (Wildman–Crippen MR) is 113 cm³/mol. The van der Waals surface area contributed by atoms with Crippen molar-refractivity contribution in [3.63, 3.8) is 0 Å². The van der Waals surface area contributed by atoms with Crippen LogP contribution in [0.3, 0.4) is 0 Å². The van der Waals surface area contributed by atoms with Crippen LogP contribution in [0.25, 0.3) is 0 Å². The molecule has 36 heavy (non-hydrogen) atoms. The van der Waals surface area contributed by atoms with Crippen LogP contribution in [0.2, 0.25) is 0 Å². The standard InChI is InChI=1S/C24H27F3O9/c1-6-22(3,4)21(30)34-16-14-15(32-19(16)29)17-20(33-14)36-23(5,35-17)13-9-7-12(8-10-13)18(28)31-11(2)24(25,26)27/h7-11,14-17,20H,6H2,1-5H3. The van der Waals surface area contributed by atoms with Crippen molar-refractivity contribution in [3.8, 4) is 0 Å². The molecule has 4 rings (SSSR count). The van der Waals surface area contributed by atoms with E-state index in [1.165, 1.54) is 24.3 Å². The summed E-state index contributed by atoms with van der Waals surface area (Å²) in [6.07, 6.45) is -11.2. The molecule has 0 spiro atoms. The summed E-state index contributed by atoms with van der Waals surface area (Å²) in [6.45, 7) is 7.56. The number of hydrogen-bond acceptors (Lipinski definition) is 9. The van der Waals surface area contributed by atoms with E-state index >= 15 is 0 Å². The molecule has 3 fully saturated rings. The fraction of sp³-hybridized carbons (Fsp3) is 0.625. The zero-order chi connectivity index (χ0) is 26.6. The molecule has 0 aliphatic carbocycles. The van der Waals surface area contributed by atoms with E-state index in [0.29, 0.717) is 12.0 Å². The first-order valence-electron chi connectivity index (χ1n) is 11.5. The molecule has 3 saturated heterocycles. The van der Waals surface area contributed by atoms with Crippen molar-refractivity contribution in [2.45, 2.75) is 89.8 Å². The molecule has 3 heterocycles. The molecule has 12 heteroatoms. The molecule has 0 amide bonds. The minimum Gasteiger partial charge on any atom is -0.454 e. The van der Waals surface area contributed by atoms with Crippen molar-refractivity contribution in [3.05, 3.63) is 35.4 Å². The number of ether oxygens (including phenoxy) is 6. The summed E-state index contributed by atoms with van der Waals surface area (Å²) in [4.78, 5) is 36.9. The number of fused-ring (bicyclic) bond motifs is 3. The highest BCUT2D eigenvalue weighted by Gasteiger charge is 2.65. The molecule has 0 N–H and O–H groups in total. The summed E-state index contributed by atoms with van der Waals surface area (Å²) < 4.78 is 71.0. The minimum absolute atomic E-state index is 0.0858. The van der Waals surface area contributed by atoms with Crippen molar-refractivity contribution in [2.24, 2.45) is 5.41 Å². The van der Waals surface area contributed by atoms with Gasteiger partial charge in [0, 0.05) is 5.56 Å². The zero-order valence-electron chi connectivity index (χ0n) is 20.3. The summed E-state index contributed by atoms with van der Waals surface area (Å²) in [5, 5.41) is 0. The molecule has 7 atom stereocenters. The highest BCUT2D eigenvalue weighted by Crippen LogP contribution is 2.47. The van der Waals surface area contributed by atoms with Crippen molar-refractivity contribution >= 4 is 17.9 Å². The van der Waals surface area contributed by atoms with E-state index in [2.05, 4.69) is 4.74 Å². The molecule has 198 valence electrons. The third-order valence-electron chi connectivity index (χ3n) is 6.75. The second kappa shape index (κ2) is 9.00. The first-order chi connectivity index (χ1) is 16.7. The molecular formula is C24H27F3O9. The fourth-order valence-corrected chi connectivity index (χ4v) is 3.97. The van der Waals surface area contributed by atoms with E-state index in [4.69, 9.17) is 23.7 Å². The molecular weight excluding hydrogens is 489 g/mol. The highest BCUT2D eigenvalue weighted by atomic mass is 19.4. The number of benzene rings is 1. The molecule has 0 aromatic heterocycles. The summed E-state index contributed by atoms with van der Waals surface area (Å²) in [5.74, 6) is -3.79. The minimum atomic E-state index is -4.67. The average molecular weight is 516 g/mol. The number of carbonyl (C=O) groups is 3. The van der Waals surface area contributed by atoms with Gasteiger partial charge in [0.05, 0.1) is 11.0 Å². The van der Waals surface area contributed by atoms with Gasteiger partial charge in [0.25, 0.3) is 0 Å². The van der Waals surface area contributed by atoms with Gasteiger partial charge in [-0.15, -0.1) is 0 Å². The number of esters is 3. The van der Waals surface area contributed by atoms with Gasteiger partial charge in [-0.3, -0.25) is 4.79 Å². The molecule has 0 bridgehead atoms. The lowest BCUT2D eigenvalue weighted by Crippen LogP contribution is -2.40. The highest BCUT2D eigenvalue weighted by molar-refractivity contribution is 5.89.